The monoisotopic (exact) mass is 636 g/mol. The SMILES string of the molecule is CCCCCC=Cc1sc(-c2ccc(-c3cc(CCCCCC)c(C(C)(C)CC)s3)c(N=S)c2N)cc1CCCCCC. The summed E-state index contributed by atoms with van der Waals surface area (Å²) < 4.78 is 4.37. The molecule has 43 heavy (non-hydrogen) atoms. The number of anilines is 1. The number of rotatable bonds is 20. The van der Waals surface area contributed by atoms with Crippen molar-refractivity contribution in [1.29, 1.82) is 0 Å². The van der Waals surface area contributed by atoms with Gasteiger partial charge in [0.15, 0.2) is 0 Å². The molecule has 2 aromatic heterocycles. The largest absolute Gasteiger partial charge is 0.396 e. The number of nitrogens with two attached hydrogens (primary N) is 1. The summed E-state index contributed by atoms with van der Waals surface area (Å²) in [6.07, 6.45) is 23.2. The number of benzene rings is 1. The quantitative estimate of drug-likeness (QED) is 0.0989. The van der Waals surface area contributed by atoms with Gasteiger partial charge in [0.25, 0.3) is 0 Å². The van der Waals surface area contributed by atoms with Gasteiger partial charge in [-0.1, -0.05) is 111 Å². The smallest absolute Gasteiger partial charge is 0.109 e. The third-order valence-electron chi connectivity index (χ3n) is 8.83. The molecule has 2 heterocycles. The van der Waals surface area contributed by atoms with Gasteiger partial charge in [0.05, 0.1) is 5.69 Å². The molecule has 236 valence electrons. The van der Waals surface area contributed by atoms with Crippen LogP contribution in [0.15, 0.2) is 34.7 Å². The molecule has 0 radical (unpaired) electrons. The minimum Gasteiger partial charge on any atom is -0.396 e. The first-order valence-corrected chi connectivity index (χ1v) is 19.0. The summed E-state index contributed by atoms with van der Waals surface area (Å²) in [6, 6.07) is 9.21. The lowest BCUT2D eigenvalue weighted by molar-refractivity contribution is 0.510. The molecule has 0 saturated heterocycles. The van der Waals surface area contributed by atoms with Crippen molar-refractivity contribution in [1.82, 2.24) is 0 Å². The lowest BCUT2D eigenvalue weighted by Gasteiger charge is -2.23. The highest BCUT2D eigenvalue weighted by molar-refractivity contribution is 7.47. The first kappa shape index (κ1) is 35.7. The Kier molecular flexibility index (Phi) is 15.1. The number of thiophene rings is 2. The fourth-order valence-electron chi connectivity index (χ4n) is 5.70. The molecule has 0 bridgehead atoms. The summed E-state index contributed by atoms with van der Waals surface area (Å²) in [4.78, 5) is 5.34. The van der Waals surface area contributed by atoms with E-state index in [4.69, 9.17) is 18.2 Å². The van der Waals surface area contributed by atoms with Gasteiger partial charge >= 0.3 is 0 Å². The molecule has 3 aromatic rings. The van der Waals surface area contributed by atoms with Gasteiger partial charge in [-0.15, -0.1) is 22.7 Å². The van der Waals surface area contributed by atoms with E-state index in [2.05, 4.69) is 82.3 Å². The predicted molar refractivity (Wildman–Crippen MR) is 199 cm³/mol. The summed E-state index contributed by atoms with van der Waals surface area (Å²) >= 11 is 9.16. The first-order chi connectivity index (χ1) is 20.8. The van der Waals surface area contributed by atoms with Crippen LogP contribution in [0.3, 0.4) is 0 Å². The second kappa shape index (κ2) is 18.2. The van der Waals surface area contributed by atoms with Crippen molar-refractivity contribution >= 4 is 52.5 Å². The Labute approximate surface area is 276 Å². The summed E-state index contributed by atoms with van der Waals surface area (Å²) in [7, 11) is 0. The maximum Gasteiger partial charge on any atom is 0.109 e. The summed E-state index contributed by atoms with van der Waals surface area (Å²) in [5, 5.41) is 0. The Morgan fingerprint density at radius 1 is 0.767 bits per heavy atom. The van der Waals surface area contributed by atoms with Gasteiger partial charge in [-0.3, -0.25) is 0 Å². The molecule has 0 unspecified atom stereocenters. The van der Waals surface area contributed by atoms with Gasteiger partial charge in [-0.25, -0.2) is 0 Å². The van der Waals surface area contributed by atoms with Gasteiger partial charge in [0.1, 0.15) is 5.69 Å². The average molecular weight is 637 g/mol. The zero-order chi connectivity index (χ0) is 31.2. The fourth-order valence-corrected chi connectivity index (χ4v) is 8.49. The van der Waals surface area contributed by atoms with Crippen LogP contribution >= 0.6 is 22.7 Å². The van der Waals surface area contributed by atoms with E-state index in [1.807, 2.05) is 22.7 Å². The molecule has 0 atom stereocenters. The second-order valence-corrected chi connectivity index (χ2v) is 15.1. The highest BCUT2D eigenvalue weighted by atomic mass is 32.1. The van der Waals surface area contributed by atoms with Crippen LogP contribution in [0.5, 0.6) is 0 Å². The van der Waals surface area contributed by atoms with Gasteiger partial charge in [-0.2, -0.15) is 4.36 Å². The normalized spacial score (nSPS) is 12.0. The third kappa shape index (κ3) is 9.83. The summed E-state index contributed by atoms with van der Waals surface area (Å²) in [5.74, 6) is 0. The van der Waals surface area contributed by atoms with Crippen molar-refractivity contribution in [2.75, 3.05) is 5.73 Å². The zero-order valence-electron chi connectivity index (χ0n) is 27.8. The highest BCUT2D eigenvalue weighted by Crippen LogP contribution is 2.48. The van der Waals surface area contributed by atoms with E-state index in [1.165, 1.54) is 101 Å². The third-order valence-corrected chi connectivity index (χ3v) is 11.8. The van der Waals surface area contributed by atoms with Gasteiger partial charge in [-0.05, 0) is 79.7 Å². The number of hydrogen-bond donors (Lipinski definition) is 1. The maximum atomic E-state index is 6.92. The molecule has 0 aliphatic carbocycles. The van der Waals surface area contributed by atoms with Crippen molar-refractivity contribution in [3.8, 4) is 20.9 Å². The van der Waals surface area contributed by atoms with Gasteiger partial charge < -0.3 is 5.73 Å². The van der Waals surface area contributed by atoms with Crippen LogP contribution in [0, 0.1) is 0 Å². The second-order valence-electron chi connectivity index (χ2n) is 12.7. The van der Waals surface area contributed by atoms with Crippen LogP contribution in [0.2, 0.25) is 0 Å². The molecule has 0 aliphatic rings. The van der Waals surface area contributed by atoms with E-state index in [1.54, 1.807) is 0 Å². The molecule has 0 amide bonds. The fraction of sp³-hybridized carbons (Fsp3) is 0.579. The molecular formula is C38H56N2S3. The van der Waals surface area contributed by atoms with E-state index in [9.17, 15) is 0 Å². The Bertz CT molecular complexity index is 1310. The van der Waals surface area contributed by atoms with E-state index >= 15 is 0 Å². The lowest BCUT2D eigenvalue weighted by Crippen LogP contribution is -2.15. The van der Waals surface area contributed by atoms with E-state index in [0.717, 1.165) is 42.5 Å². The molecule has 0 saturated carbocycles. The Morgan fingerprint density at radius 3 is 1.98 bits per heavy atom. The number of aryl methyl sites for hydroxylation is 2. The molecule has 1 aromatic carbocycles. The number of allylic oxidation sites excluding steroid dienone is 1. The van der Waals surface area contributed by atoms with Crippen molar-refractivity contribution in [2.45, 2.75) is 143 Å². The van der Waals surface area contributed by atoms with Gasteiger partial charge in [0, 0.05) is 43.1 Å². The maximum absolute atomic E-state index is 6.92. The van der Waals surface area contributed by atoms with Gasteiger partial charge in [0.2, 0.25) is 0 Å². The molecular weight excluding hydrogens is 581 g/mol. The van der Waals surface area contributed by atoms with Crippen LogP contribution in [0.1, 0.15) is 146 Å². The Balaban J connectivity index is 1.99. The van der Waals surface area contributed by atoms with Crippen LogP contribution < -0.4 is 5.73 Å². The molecule has 0 spiro atoms. The van der Waals surface area contributed by atoms with Crippen LogP contribution in [0.4, 0.5) is 11.4 Å². The Morgan fingerprint density at radius 2 is 1.35 bits per heavy atom. The lowest BCUT2D eigenvalue weighted by atomic mass is 9.85. The zero-order valence-corrected chi connectivity index (χ0v) is 30.3. The number of nitrogen functional groups attached to an aromatic ring is 1. The van der Waals surface area contributed by atoms with Crippen molar-refractivity contribution < 1.29 is 0 Å². The number of unbranched alkanes of at least 4 members (excludes halogenated alkanes) is 9. The molecule has 0 aliphatic heterocycles. The molecule has 2 N–H and O–H groups in total. The highest BCUT2D eigenvalue weighted by Gasteiger charge is 2.26. The van der Waals surface area contributed by atoms with Crippen LogP contribution in [-0.4, -0.2) is 0 Å². The topological polar surface area (TPSA) is 38.4 Å². The average Bonchev–Trinajstić information content (AvgIpc) is 3.62. The van der Waals surface area contributed by atoms with Crippen LogP contribution in [0.25, 0.3) is 27.0 Å². The molecule has 2 nitrogen and oxygen atoms in total. The molecule has 0 fully saturated rings. The van der Waals surface area contributed by atoms with E-state index < -0.39 is 0 Å². The predicted octanol–water partition coefficient (Wildman–Crippen LogP) is 13.6. The minimum absolute atomic E-state index is 0.144. The number of nitrogens with zero attached hydrogens (tertiary/aromatic N) is 1. The van der Waals surface area contributed by atoms with E-state index in [-0.39, 0.29) is 5.41 Å². The van der Waals surface area contributed by atoms with Crippen molar-refractivity contribution in [3.63, 3.8) is 0 Å². The Hall–Kier alpha value is -1.82. The number of hydrogen-bond acceptors (Lipinski definition) is 5. The molecule has 3 rings (SSSR count). The summed E-state index contributed by atoms with van der Waals surface area (Å²) in [6.45, 7) is 13.9. The first-order valence-electron chi connectivity index (χ1n) is 17.0. The van der Waals surface area contributed by atoms with Crippen LogP contribution in [-0.2, 0) is 30.7 Å². The van der Waals surface area contributed by atoms with Crippen molar-refractivity contribution in [2.24, 2.45) is 4.36 Å². The summed E-state index contributed by atoms with van der Waals surface area (Å²) in [5.41, 5.74) is 13.6. The standard InChI is InChI=1S/C38H56N2S3/c1-7-11-14-17-20-23-32-28(21-18-15-12-8-2)26-33(42-32)30-24-25-31(36(40-41)35(30)39)34-27-29(22-19-16-13-9-3)37(43-34)38(5,6)10-4/h20,23-27H,7-19,21-22,39H2,1-6H3. The van der Waals surface area contributed by atoms with E-state index in [0.29, 0.717) is 5.69 Å². The minimum atomic E-state index is 0.144. The molecule has 5 heteroatoms. The van der Waals surface area contributed by atoms with Crippen molar-refractivity contribution in [3.05, 3.63) is 51.2 Å².